The number of alkyl halides is 3. The molecule has 6 heteroatoms. The summed E-state index contributed by atoms with van der Waals surface area (Å²) in [5.74, 6) is -0.196. The van der Waals surface area contributed by atoms with E-state index in [4.69, 9.17) is 0 Å². The molecule has 140 valence electrons. The Balaban J connectivity index is 1.69. The van der Waals surface area contributed by atoms with Crippen LogP contribution in [0.25, 0.3) is 10.9 Å². The number of halogens is 3. The lowest BCUT2D eigenvalue weighted by molar-refractivity contribution is -0.137. The van der Waals surface area contributed by atoms with Crippen LogP contribution in [0.5, 0.6) is 0 Å². The molecule has 1 amide bonds. The number of fused-ring (bicyclic) bond motifs is 1. The topological polar surface area (TPSA) is 42.0 Å². The Morgan fingerprint density at radius 3 is 2.37 bits per heavy atom. The van der Waals surface area contributed by atoms with E-state index < -0.39 is 11.7 Å². The Morgan fingerprint density at radius 1 is 1.04 bits per heavy atom. The van der Waals surface area contributed by atoms with Crippen LogP contribution in [-0.2, 0) is 23.9 Å². The smallest absolute Gasteiger partial charge is 0.352 e. The summed E-state index contributed by atoms with van der Waals surface area (Å²) in [6, 6.07) is 12.5. The molecule has 1 heterocycles. The molecule has 0 saturated heterocycles. The average Bonchev–Trinajstić information content (AvgIpc) is 2.63. The average molecular weight is 372 g/mol. The Kier molecular flexibility index (Phi) is 5.17. The van der Waals surface area contributed by atoms with Crippen molar-refractivity contribution < 1.29 is 18.0 Å². The van der Waals surface area contributed by atoms with Gasteiger partial charge >= 0.3 is 6.18 Å². The Labute approximate surface area is 155 Å². The van der Waals surface area contributed by atoms with Crippen molar-refractivity contribution in [3.63, 3.8) is 0 Å². The normalized spacial score (nSPS) is 11.6. The van der Waals surface area contributed by atoms with Gasteiger partial charge in [0, 0.05) is 17.6 Å². The highest BCUT2D eigenvalue weighted by atomic mass is 19.4. The second-order valence-corrected chi connectivity index (χ2v) is 6.47. The fourth-order valence-corrected chi connectivity index (χ4v) is 3.07. The lowest BCUT2D eigenvalue weighted by Crippen LogP contribution is -2.25. The molecule has 1 N–H and O–H groups in total. The second kappa shape index (κ2) is 7.39. The Morgan fingerprint density at radius 2 is 1.70 bits per heavy atom. The molecule has 0 bridgehead atoms. The minimum Gasteiger partial charge on any atom is -0.352 e. The number of benzene rings is 2. The number of carbonyl (C=O) groups excluding carboxylic acids is 1. The zero-order valence-electron chi connectivity index (χ0n) is 15.0. The monoisotopic (exact) mass is 372 g/mol. The molecule has 0 radical (unpaired) electrons. The molecule has 27 heavy (non-hydrogen) atoms. The molecular weight excluding hydrogens is 353 g/mol. The quantitative estimate of drug-likeness (QED) is 0.719. The number of nitrogens with zero attached hydrogens (tertiary/aromatic N) is 1. The van der Waals surface area contributed by atoms with Crippen LogP contribution in [0, 0.1) is 13.8 Å². The number of rotatable bonds is 4. The third kappa shape index (κ3) is 4.27. The van der Waals surface area contributed by atoms with E-state index in [0.29, 0.717) is 5.56 Å². The minimum atomic E-state index is -4.36. The zero-order chi connectivity index (χ0) is 19.6. The first-order valence-electron chi connectivity index (χ1n) is 8.53. The largest absolute Gasteiger partial charge is 0.416 e. The van der Waals surface area contributed by atoms with Gasteiger partial charge in [0.25, 0.3) is 0 Å². The number of para-hydroxylation sites is 1. The fraction of sp³-hybridized carbons (Fsp3) is 0.238. The molecule has 0 aliphatic rings. The van der Waals surface area contributed by atoms with Gasteiger partial charge in [0.05, 0.1) is 17.5 Å². The van der Waals surface area contributed by atoms with E-state index in [2.05, 4.69) is 10.3 Å². The summed E-state index contributed by atoms with van der Waals surface area (Å²) >= 11 is 0. The van der Waals surface area contributed by atoms with Crippen LogP contribution in [0.15, 0.2) is 48.5 Å². The van der Waals surface area contributed by atoms with Crippen molar-refractivity contribution in [2.75, 3.05) is 0 Å². The highest BCUT2D eigenvalue weighted by Crippen LogP contribution is 2.29. The molecule has 0 spiro atoms. The van der Waals surface area contributed by atoms with Crippen LogP contribution in [0.2, 0.25) is 0 Å². The van der Waals surface area contributed by atoms with Crippen molar-refractivity contribution >= 4 is 16.8 Å². The SMILES string of the molecule is Cc1nc2ccccc2c(C)c1CC(=O)NCc1ccc(C(F)(F)F)cc1. The van der Waals surface area contributed by atoms with E-state index in [9.17, 15) is 18.0 Å². The van der Waals surface area contributed by atoms with E-state index in [1.165, 1.54) is 12.1 Å². The van der Waals surface area contributed by atoms with E-state index in [-0.39, 0.29) is 18.9 Å². The van der Waals surface area contributed by atoms with Gasteiger partial charge in [0.1, 0.15) is 0 Å². The highest BCUT2D eigenvalue weighted by molar-refractivity contribution is 5.86. The van der Waals surface area contributed by atoms with E-state index in [0.717, 1.165) is 39.9 Å². The first-order valence-corrected chi connectivity index (χ1v) is 8.53. The van der Waals surface area contributed by atoms with Crippen molar-refractivity contribution in [3.8, 4) is 0 Å². The summed E-state index contributed by atoms with van der Waals surface area (Å²) in [7, 11) is 0. The maximum atomic E-state index is 12.6. The maximum absolute atomic E-state index is 12.6. The summed E-state index contributed by atoms with van der Waals surface area (Å²) in [6.45, 7) is 4.02. The van der Waals surface area contributed by atoms with Crippen LogP contribution in [0.1, 0.15) is 27.9 Å². The lowest BCUT2D eigenvalue weighted by atomic mass is 9.99. The van der Waals surface area contributed by atoms with Crippen LogP contribution in [-0.4, -0.2) is 10.9 Å². The first kappa shape index (κ1) is 18.9. The van der Waals surface area contributed by atoms with Crippen molar-refractivity contribution in [2.45, 2.75) is 33.0 Å². The molecule has 0 aliphatic heterocycles. The molecule has 0 atom stereocenters. The summed E-state index contributed by atoms with van der Waals surface area (Å²) in [5, 5.41) is 3.77. The number of amides is 1. The summed E-state index contributed by atoms with van der Waals surface area (Å²) < 4.78 is 37.8. The predicted octanol–water partition coefficient (Wildman–Crippen LogP) is 4.73. The molecule has 0 saturated carbocycles. The molecule has 0 unspecified atom stereocenters. The predicted molar refractivity (Wildman–Crippen MR) is 98.2 cm³/mol. The standard InChI is InChI=1S/C21H19F3N2O/c1-13-17-5-3-4-6-19(17)26-14(2)18(13)11-20(27)25-12-15-7-9-16(10-8-15)21(22,23)24/h3-10H,11-12H2,1-2H3,(H,25,27). The number of carbonyl (C=O) groups is 1. The molecule has 3 rings (SSSR count). The third-order valence-corrected chi connectivity index (χ3v) is 4.59. The van der Waals surface area contributed by atoms with Gasteiger partial charge in [-0.3, -0.25) is 9.78 Å². The summed E-state index contributed by atoms with van der Waals surface area (Å²) in [4.78, 5) is 16.9. The van der Waals surface area contributed by atoms with Crippen LogP contribution in [0.4, 0.5) is 13.2 Å². The lowest BCUT2D eigenvalue weighted by Gasteiger charge is -2.13. The maximum Gasteiger partial charge on any atom is 0.416 e. The van der Waals surface area contributed by atoms with Crippen LogP contribution in [0.3, 0.4) is 0 Å². The van der Waals surface area contributed by atoms with Gasteiger partial charge in [0.15, 0.2) is 0 Å². The van der Waals surface area contributed by atoms with Crippen LogP contribution < -0.4 is 5.32 Å². The number of pyridine rings is 1. The summed E-state index contributed by atoms with van der Waals surface area (Å²) in [6.07, 6.45) is -4.18. The molecule has 2 aromatic carbocycles. The molecular formula is C21H19F3N2O. The van der Waals surface area contributed by atoms with Crippen molar-refractivity contribution in [1.29, 1.82) is 0 Å². The van der Waals surface area contributed by atoms with E-state index in [1.807, 2.05) is 38.1 Å². The van der Waals surface area contributed by atoms with Gasteiger partial charge in [-0.05, 0) is 48.7 Å². The minimum absolute atomic E-state index is 0.177. The zero-order valence-corrected chi connectivity index (χ0v) is 15.0. The number of nitrogens with one attached hydrogen (secondary N) is 1. The third-order valence-electron chi connectivity index (χ3n) is 4.59. The van der Waals surface area contributed by atoms with E-state index in [1.54, 1.807) is 0 Å². The Hall–Kier alpha value is -2.89. The molecule has 1 aromatic heterocycles. The fourth-order valence-electron chi connectivity index (χ4n) is 3.07. The number of aromatic nitrogens is 1. The number of aryl methyl sites for hydroxylation is 2. The van der Waals surface area contributed by atoms with Gasteiger partial charge in [-0.2, -0.15) is 13.2 Å². The molecule has 0 fully saturated rings. The summed E-state index contributed by atoms with van der Waals surface area (Å²) in [5.41, 5.74) is 3.49. The molecule has 3 aromatic rings. The van der Waals surface area contributed by atoms with Crippen molar-refractivity contribution in [3.05, 3.63) is 76.5 Å². The van der Waals surface area contributed by atoms with Gasteiger partial charge in [-0.25, -0.2) is 0 Å². The highest BCUT2D eigenvalue weighted by Gasteiger charge is 2.29. The Bertz CT molecular complexity index is 979. The van der Waals surface area contributed by atoms with Crippen molar-refractivity contribution in [1.82, 2.24) is 10.3 Å². The van der Waals surface area contributed by atoms with E-state index >= 15 is 0 Å². The van der Waals surface area contributed by atoms with Gasteiger partial charge in [-0.15, -0.1) is 0 Å². The molecule has 0 aliphatic carbocycles. The second-order valence-electron chi connectivity index (χ2n) is 6.47. The van der Waals surface area contributed by atoms with Gasteiger partial charge in [0.2, 0.25) is 5.91 Å². The number of hydrogen-bond acceptors (Lipinski definition) is 2. The van der Waals surface area contributed by atoms with Gasteiger partial charge < -0.3 is 5.32 Å². The molecule has 3 nitrogen and oxygen atoms in total. The first-order chi connectivity index (χ1) is 12.8. The van der Waals surface area contributed by atoms with Gasteiger partial charge in [-0.1, -0.05) is 30.3 Å². The van der Waals surface area contributed by atoms with Crippen molar-refractivity contribution in [2.24, 2.45) is 0 Å². The van der Waals surface area contributed by atoms with Crippen LogP contribution >= 0.6 is 0 Å². The number of hydrogen-bond donors (Lipinski definition) is 1.